The maximum atomic E-state index is 12.9. The van der Waals surface area contributed by atoms with Gasteiger partial charge in [0, 0.05) is 11.6 Å². The molecule has 4 heteroatoms. The molecule has 0 amide bonds. The van der Waals surface area contributed by atoms with Gasteiger partial charge in [-0.15, -0.1) is 0 Å². The molecule has 1 aromatic rings. The second kappa shape index (κ2) is 3.60. The first-order valence-electron chi connectivity index (χ1n) is 4.31. The van der Waals surface area contributed by atoms with Gasteiger partial charge in [0.25, 0.3) is 0 Å². The lowest BCUT2D eigenvalue weighted by molar-refractivity contribution is 0.599. The zero-order valence-electron chi connectivity index (χ0n) is 7.06. The molecule has 13 heavy (non-hydrogen) atoms. The van der Waals surface area contributed by atoms with E-state index in [9.17, 15) is 4.39 Å². The first-order valence-corrected chi connectivity index (χ1v) is 4.69. The predicted octanol–water partition coefficient (Wildman–Crippen LogP) is 2.30. The average Bonchev–Trinajstić information content (AvgIpc) is 2.61. The van der Waals surface area contributed by atoms with Gasteiger partial charge in [0.2, 0.25) is 0 Å². The monoisotopic (exact) mass is 200 g/mol. The Hall–Kier alpha value is -0.670. The Balaban J connectivity index is 2.32. The molecule has 1 atom stereocenters. The van der Waals surface area contributed by atoms with Crippen LogP contribution in [0.1, 0.15) is 24.4 Å². The van der Waals surface area contributed by atoms with Crippen molar-refractivity contribution in [2.45, 2.75) is 18.9 Å². The van der Waals surface area contributed by atoms with E-state index in [0.29, 0.717) is 5.15 Å². The Bertz CT molecular complexity index is 310. The van der Waals surface area contributed by atoms with Crippen molar-refractivity contribution >= 4 is 11.6 Å². The number of rotatable bonds is 1. The molecule has 1 saturated heterocycles. The molecule has 1 aliphatic rings. The molecule has 0 spiro atoms. The molecule has 2 rings (SSSR count). The third-order valence-electron chi connectivity index (χ3n) is 2.27. The average molecular weight is 201 g/mol. The minimum absolute atomic E-state index is 0.177. The van der Waals surface area contributed by atoms with Crippen LogP contribution in [-0.2, 0) is 0 Å². The van der Waals surface area contributed by atoms with Crippen LogP contribution in [0.25, 0.3) is 0 Å². The van der Waals surface area contributed by atoms with Crippen LogP contribution in [0, 0.1) is 5.82 Å². The zero-order valence-corrected chi connectivity index (χ0v) is 7.81. The maximum Gasteiger partial charge on any atom is 0.141 e. The lowest BCUT2D eigenvalue weighted by Gasteiger charge is -2.11. The van der Waals surface area contributed by atoms with Crippen molar-refractivity contribution in [2.75, 3.05) is 6.54 Å². The number of halogens is 2. The zero-order chi connectivity index (χ0) is 9.26. The van der Waals surface area contributed by atoms with E-state index >= 15 is 0 Å². The molecule has 0 radical (unpaired) electrons. The Morgan fingerprint density at radius 3 is 3.15 bits per heavy atom. The van der Waals surface area contributed by atoms with Crippen molar-refractivity contribution in [1.82, 2.24) is 10.3 Å². The SMILES string of the molecule is Fc1cnc(Cl)c(C2CCCN2)c1. The van der Waals surface area contributed by atoms with Crippen LogP contribution in [-0.4, -0.2) is 11.5 Å². The highest BCUT2D eigenvalue weighted by Crippen LogP contribution is 2.27. The van der Waals surface area contributed by atoms with E-state index in [-0.39, 0.29) is 11.9 Å². The van der Waals surface area contributed by atoms with Crippen LogP contribution in [0.4, 0.5) is 4.39 Å². The highest BCUT2D eigenvalue weighted by molar-refractivity contribution is 6.30. The summed E-state index contributed by atoms with van der Waals surface area (Å²) < 4.78 is 12.9. The Morgan fingerprint density at radius 2 is 2.46 bits per heavy atom. The highest BCUT2D eigenvalue weighted by Gasteiger charge is 2.19. The standard InChI is InChI=1S/C9H10ClFN2/c10-9-7(4-6(11)5-13-9)8-2-1-3-12-8/h4-5,8,12H,1-3H2. The van der Waals surface area contributed by atoms with Crippen molar-refractivity contribution < 1.29 is 4.39 Å². The van der Waals surface area contributed by atoms with E-state index in [4.69, 9.17) is 11.6 Å². The molecule has 0 saturated carbocycles. The number of hydrogen-bond donors (Lipinski definition) is 1. The van der Waals surface area contributed by atoms with Crippen LogP contribution in [0.15, 0.2) is 12.3 Å². The van der Waals surface area contributed by atoms with Crippen molar-refractivity contribution in [3.8, 4) is 0 Å². The summed E-state index contributed by atoms with van der Waals surface area (Å²) in [6.07, 6.45) is 3.25. The number of nitrogens with zero attached hydrogens (tertiary/aromatic N) is 1. The minimum Gasteiger partial charge on any atom is -0.310 e. The largest absolute Gasteiger partial charge is 0.310 e. The number of pyridine rings is 1. The molecule has 1 aliphatic heterocycles. The fraction of sp³-hybridized carbons (Fsp3) is 0.444. The van der Waals surface area contributed by atoms with E-state index in [0.717, 1.165) is 31.1 Å². The van der Waals surface area contributed by atoms with Gasteiger partial charge >= 0.3 is 0 Å². The minimum atomic E-state index is -0.326. The van der Waals surface area contributed by atoms with Crippen molar-refractivity contribution in [1.29, 1.82) is 0 Å². The predicted molar refractivity (Wildman–Crippen MR) is 49.2 cm³/mol. The summed E-state index contributed by atoms with van der Waals surface area (Å²) in [6, 6.07) is 1.63. The summed E-state index contributed by atoms with van der Waals surface area (Å²) in [7, 11) is 0. The third-order valence-corrected chi connectivity index (χ3v) is 2.58. The molecule has 0 aliphatic carbocycles. The molecule has 1 aromatic heterocycles. The Kier molecular flexibility index (Phi) is 2.47. The van der Waals surface area contributed by atoms with Gasteiger partial charge < -0.3 is 5.32 Å². The molecule has 2 nitrogen and oxygen atoms in total. The van der Waals surface area contributed by atoms with Crippen LogP contribution in [0.2, 0.25) is 5.15 Å². The molecule has 1 unspecified atom stereocenters. The fourth-order valence-electron chi connectivity index (χ4n) is 1.63. The second-order valence-corrected chi connectivity index (χ2v) is 3.54. The smallest absolute Gasteiger partial charge is 0.141 e. The topological polar surface area (TPSA) is 24.9 Å². The van der Waals surface area contributed by atoms with E-state index in [2.05, 4.69) is 10.3 Å². The quantitative estimate of drug-likeness (QED) is 0.704. The van der Waals surface area contributed by atoms with E-state index in [1.165, 1.54) is 6.07 Å². The molecule has 70 valence electrons. The summed E-state index contributed by atoms with van der Waals surface area (Å²) in [5.74, 6) is -0.326. The van der Waals surface area contributed by atoms with Crippen LogP contribution in [0.5, 0.6) is 0 Å². The van der Waals surface area contributed by atoms with E-state index in [1.54, 1.807) is 0 Å². The van der Waals surface area contributed by atoms with Gasteiger partial charge in [0.1, 0.15) is 11.0 Å². The lowest BCUT2D eigenvalue weighted by atomic mass is 10.1. The van der Waals surface area contributed by atoms with Gasteiger partial charge in [-0.25, -0.2) is 9.37 Å². The summed E-state index contributed by atoms with van der Waals surface area (Å²) in [4.78, 5) is 3.77. The Labute approximate surface area is 81.1 Å². The second-order valence-electron chi connectivity index (χ2n) is 3.18. The van der Waals surface area contributed by atoms with Crippen molar-refractivity contribution in [3.63, 3.8) is 0 Å². The molecule has 0 aromatic carbocycles. The maximum absolute atomic E-state index is 12.9. The third kappa shape index (κ3) is 1.81. The first kappa shape index (κ1) is 8.91. The van der Waals surface area contributed by atoms with Gasteiger partial charge in [0.15, 0.2) is 0 Å². The summed E-state index contributed by atoms with van der Waals surface area (Å²) in [6.45, 7) is 0.970. The van der Waals surface area contributed by atoms with Crippen molar-refractivity contribution in [3.05, 3.63) is 28.8 Å². The van der Waals surface area contributed by atoms with E-state index in [1.807, 2.05) is 0 Å². The Morgan fingerprint density at radius 1 is 1.62 bits per heavy atom. The highest BCUT2D eigenvalue weighted by atomic mass is 35.5. The van der Waals surface area contributed by atoms with Gasteiger partial charge in [0.05, 0.1) is 6.20 Å². The molecule has 0 bridgehead atoms. The number of nitrogens with one attached hydrogen (secondary N) is 1. The van der Waals surface area contributed by atoms with Gasteiger partial charge in [-0.3, -0.25) is 0 Å². The lowest BCUT2D eigenvalue weighted by Crippen LogP contribution is -2.13. The molecular weight excluding hydrogens is 191 g/mol. The molecule has 2 heterocycles. The first-order chi connectivity index (χ1) is 6.27. The normalized spacial score (nSPS) is 22.2. The van der Waals surface area contributed by atoms with Crippen LogP contribution >= 0.6 is 11.6 Å². The molecule has 1 fully saturated rings. The van der Waals surface area contributed by atoms with E-state index < -0.39 is 0 Å². The summed E-state index contributed by atoms with van der Waals surface area (Å²) >= 11 is 5.86. The van der Waals surface area contributed by atoms with Crippen LogP contribution in [0.3, 0.4) is 0 Å². The van der Waals surface area contributed by atoms with Gasteiger partial charge in [-0.2, -0.15) is 0 Å². The number of hydrogen-bond acceptors (Lipinski definition) is 2. The molecular formula is C9H10ClFN2. The molecule has 1 N–H and O–H groups in total. The summed E-state index contributed by atoms with van der Waals surface area (Å²) in [5, 5.41) is 3.65. The number of aromatic nitrogens is 1. The van der Waals surface area contributed by atoms with Crippen molar-refractivity contribution in [2.24, 2.45) is 0 Å². The summed E-state index contributed by atoms with van der Waals surface area (Å²) in [5.41, 5.74) is 0.777. The van der Waals surface area contributed by atoms with Gasteiger partial charge in [-0.1, -0.05) is 11.6 Å². The van der Waals surface area contributed by atoms with Crippen LogP contribution < -0.4 is 5.32 Å². The van der Waals surface area contributed by atoms with Gasteiger partial charge in [-0.05, 0) is 25.5 Å². The fourth-order valence-corrected chi connectivity index (χ4v) is 1.87.